The Labute approximate surface area is 187 Å². The van der Waals surface area contributed by atoms with E-state index in [1.165, 1.54) is 24.3 Å². The van der Waals surface area contributed by atoms with Gasteiger partial charge in [0.25, 0.3) is 11.8 Å². The number of hydrogen-bond donors (Lipinski definition) is 1. The fourth-order valence-electron chi connectivity index (χ4n) is 3.15. The van der Waals surface area contributed by atoms with E-state index in [1.807, 2.05) is 18.2 Å². The van der Waals surface area contributed by atoms with Crippen LogP contribution < -0.4 is 15.0 Å². The van der Waals surface area contributed by atoms with Crippen LogP contribution in [0.4, 0.5) is 14.9 Å². The number of nitrogens with one attached hydrogen (secondary N) is 1. The minimum atomic E-state index is -1.01. The molecule has 160 valence electrons. The van der Waals surface area contributed by atoms with Gasteiger partial charge < -0.3 is 4.74 Å². The number of para-hydroxylation sites is 1. The number of amides is 4. The van der Waals surface area contributed by atoms with Crippen molar-refractivity contribution < 1.29 is 23.5 Å². The lowest BCUT2D eigenvalue weighted by Gasteiger charge is -2.26. The van der Waals surface area contributed by atoms with E-state index >= 15 is 0 Å². The summed E-state index contributed by atoms with van der Waals surface area (Å²) in [5, 5.41) is 2.65. The molecule has 3 aromatic rings. The van der Waals surface area contributed by atoms with Crippen LogP contribution in [-0.4, -0.2) is 17.8 Å². The zero-order chi connectivity index (χ0) is 22.7. The number of barbiturate groups is 1. The monoisotopic (exact) mass is 450 g/mol. The van der Waals surface area contributed by atoms with Gasteiger partial charge in [0, 0.05) is 10.6 Å². The quantitative estimate of drug-likeness (QED) is 0.450. The third-order valence-electron chi connectivity index (χ3n) is 4.72. The summed E-state index contributed by atoms with van der Waals surface area (Å²) in [5.41, 5.74) is 0.739. The number of benzene rings is 3. The van der Waals surface area contributed by atoms with Crippen molar-refractivity contribution in [3.8, 4) is 5.75 Å². The molecule has 4 rings (SSSR count). The van der Waals surface area contributed by atoms with Gasteiger partial charge in [0.05, 0.1) is 5.69 Å². The van der Waals surface area contributed by atoms with Crippen LogP contribution in [0.3, 0.4) is 0 Å². The van der Waals surface area contributed by atoms with Crippen LogP contribution in [0.1, 0.15) is 11.1 Å². The van der Waals surface area contributed by atoms with Crippen LogP contribution in [0.25, 0.3) is 6.08 Å². The molecule has 32 heavy (non-hydrogen) atoms. The summed E-state index contributed by atoms with van der Waals surface area (Å²) in [5.74, 6) is -2.06. The minimum absolute atomic E-state index is 0.231. The number of carbonyl (C=O) groups excluding carboxylic acids is 3. The summed E-state index contributed by atoms with van der Waals surface area (Å²) in [6.45, 7) is 0.231. The molecule has 6 nitrogen and oxygen atoms in total. The van der Waals surface area contributed by atoms with Crippen LogP contribution in [0.5, 0.6) is 5.75 Å². The van der Waals surface area contributed by atoms with Crippen molar-refractivity contribution in [1.29, 1.82) is 0 Å². The summed E-state index contributed by atoms with van der Waals surface area (Å²) in [6.07, 6.45) is 1.32. The normalized spacial score (nSPS) is 15.1. The first-order valence-corrected chi connectivity index (χ1v) is 9.94. The first-order valence-electron chi connectivity index (χ1n) is 9.56. The molecule has 0 saturated carbocycles. The molecule has 0 radical (unpaired) electrons. The van der Waals surface area contributed by atoms with Gasteiger partial charge in [-0.15, -0.1) is 0 Å². The van der Waals surface area contributed by atoms with Gasteiger partial charge in [-0.05, 0) is 42.0 Å². The molecule has 0 atom stereocenters. The van der Waals surface area contributed by atoms with Gasteiger partial charge in [0.15, 0.2) is 0 Å². The maximum atomic E-state index is 14.2. The predicted molar refractivity (Wildman–Crippen MR) is 118 cm³/mol. The molecule has 1 heterocycles. The molecule has 8 heteroatoms. The summed E-state index contributed by atoms with van der Waals surface area (Å²) >= 11 is 6.14. The van der Waals surface area contributed by atoms with Gasteiger partial charge in [0.1, 0.15) is 23.7 Å². The molecule has 0 aromatic heterocycles. The van der Waals surface area contributed by atoms with Gasteiger partial charge in [-0.25, -0.2) is 14.1 Å². The molecule has 0 aliphatic carbocycles. The Morgan fingerprint density at radius 3 is 2.50 bits per heavy atom. The van der Waals surface area contributed by atoms with E-state index in [0.29, 0.717) is 21.2 Å². The van der Waals surface area contributed by atoms with Crippen molar-refractivity contribution in [3.63, 3.8) is 0 Å². The Balaban J connectivity index is 1.60. The molecule has 0 unspecified atom stereocenters. The molecular formula is C24H16ClFN2O4. The van der Waals surface area contributed by atoms with E-state index in [9.17, 15) is 18.8 Å². The van der Waals surface area contributed by atoms with Gasteiger partial charge in [-0.1, -0.05) is 54.1 Å². The fourth-order valence-corrected chi connectivity index (χ4v) is 3.34. The largest absolute Gasteiger partial charge is 0.489 e. The van der Waals surface area contributed by atoms with Crippen molar-refractivity contribution in [2.75, 3.05) is 4.90 Å². The summed E-state index contributed by atoms with van der Waals surface area (Å²) in [7, 11) is 0. The smallest absolute Gasteiger partial charge is 0.336 e. The molecule has 3 aromatic carbocycles. The first-order chi connectivity index (χ1) is 15.4. The molecular weight excluding hydrogens is 435 g/mol. The summed E-state index contributed by atoms with van der Waals surface area (Å²) < 4.78 is 19.9. The van der Waals surface area contributed by atoms with Gasteiger partial charge in [-0.3, -0.25) is 14.9 Å². The molecule has 1 N–H and O–H groups in total. The Bertz CT molecular complexity index is 1260. The zero-order valence-electron chi connectivity index (χ0n) is 16.5. The van der Waals surface area contributed by atoms with E-state index < -0.39 is 23.7 Å². The Kier molecular flexibility index (Phi) is 6.00. The van der Waals surface area contributed by atoms with Crippen LogP contribution in [0.15, 0.2) is 78.4 Å². The van der Waals surface area contributed by atoms with E-state index in [-0.39, 0.29) is 17.9 Å². The van der Waals surface area contributed by atoms with E-state index in [0.717, 1.165) is 11.6 Å². The van der Waals surface area contributed by atoms with Gasteiger partial charge in [-0.2, -0.15) is 0 Å². The number of nitrogens with zero attached hydrogens (tertiary/aromatic N) is 1. The number of halogens is 2. The number of rotatable bonds is 5. The van der Waals surface area contributed by atoms with Crippen LogP contribution in [0.2, 0.25) is 5.02 Å². The van der Waals surface area contributed by atoms with Crippen LogP contribution >= 0.6 is 11.6 Å². The summed E-state index contributed by atoms with van der Waals surface area (Å²) in [4.78, 5) is 38.0. The third kappa shape index (κ3) is 4.38. The van der Waals surface area contributed by atoms with Crippen molar-refractivity contribution in [2.24, 2.45) is 0 Å². The maximum absolute atomic E-state index is 14.2. The number of imide groups is 2. The molecule has 1 aliphatic rings. The predicted octanol–water partition coefficient (Wildman–Crippen LogP) is 4.72. The summed E-state index contributed by atoms with van der Waals surface area (Å²) in [6, 6.07) is 18.3. The van der Waals surface area contributed by atoms with Crippen LogP contribution in [-0.2, 0) is 16.2 Å². The topological polar surface area (TPSA) is 75.7 Å². The highest BCUT2D eigenvalue weighted by Crippen LogP contribution is 2.25. The highest BCUT2D eigenvalue weighted by atomic mass is 35.5. The third-order valence-corrected chi connectivity index (χ3v) is 5.09. The Morgan fingerprint density at radius 2 is 1.72 bits per heavy atom. The molecule has 1 aliphatic heterocycles. The number of urea groups is 1. The lowest BCUT2D eigenvalue weighted by atomic mass is 10.1. The number of hydrogen-bond acceptors (Lipinski definition) is 4. The molecule has 4 amide bonds. The lowest BCUT2D eigenvalue weighted by molar-refractivity contribution is -0.122. The maximum Gasteiger partial charge on any atom is 0.336 e. The highest BCUT2D eigenvalue weighted by Gasteiger charge is 2.37. The molecule has 1 saturated heterocycles. The van der Waals surface area contributed by atoms with E-state index in [2.05, 4.69) is 5.32 Å². The van der Waals surface area contributed by atoms with E-state index in [1.54, 1.807) is 30.3 Å². The number of anilines is 1. The average molecular weight is 451 g/mol. The lowest BCUT2D eigenvalue weighted by Crippen LogP contribution is -2.54. The van der Waals surface area contributed by atoms with Crippen molar-refractivity contribution in [1.82, 2.24) is 5.32 Å². The highest BCUT2D eigenvalue weighted by molar-refractivity contribution is 6.39. The van der Waals surface area contributed by atoms with Crippen LogP contribution in [0, 0.1) is 5.82 Å². The first kappa shape index (κ1) is 21.3. The van der Waals surface area contributed by atoms with Crippen molar-refractivity contribution in [2.45, 2.75) is 6.61 Å². The second kappa shape index (κ2) is 9.03. The molecule has 0 spiro atoms. The van der Waals surface area contributed by atoms with Gasteiger partial charge in [0.2, 0.25) is 0 Å². The number of carbonyl (C=O) groups is 3. The Morgan fingerprint density at radius 1 is 0.969 bits per heavy atom. The molecule has 1 fully saturated rings. The van der Waals surface area contributed by atoms with Gasteiger partial charge >= 0.3 is 6.03 Å². The Hall–Kier alpha value is -3.97. The van der Waals surface area contributed by atoms with Crippen molar-refractivity contribution in [3.05, 3.63) is 100 Å². The second-order valence-electron chi connectivity index (χ2n) is 6.86. The average Bonchev–Trinajstić information content (AvgIpc) is 2.77. The standard InChI is InChI=1S/C24H16ClFN2O4/c25-19-9-2-1-7-16(19)14-32-17-8-5-6-15(12-17)13-18-22(29)27-24(31)28(23(18)30)21-11-4-3-10-20(21)26/h1-13H,14H2,(H,27,29,31)/b18-13+. The SMILES string of the molecule is O=C1NC(=O)N(c2ccccc2F)C(=O)/C1=C/c1cccc(OCc2ccccc2Cl)c1. The van der Waals surface area contributed by atoms with Crippen molar-refractivity contribution >= 4 is 41.2 Å². The van der Waals surface area contributed by atoms with E-state index in [4.69, 9.17) is 16.3 Å². The fraction of sp³-hybridized carbons (Fsp3) is 0.0417. The second-order valence-corrected chi connectivity index (χ2v) is 7.27. The molecule has 0 bridgehead atoms. The number of ether oxygens (including phenoxy) is 1. The minimum Gasteiger partial charge on any atom is -0.489 e. The zero-order valence-corrected chi connectivity index (χ0v) is 17.3.